The van der Waals surface area contributed by atoms with Gasteiger partial charge >= 0.3 is 0 Å². The van der Waals surface area contributed by atoms with E-state index in [-0.39, 0.29) is 11.6 Å². The number of carbonyl (C=O) groups is 1. The molecule has 1 N–H and O–H groups in total. The van der Waals surface area contributed by atoms with Crippen molar-refractivity contribution in [3.63, 3.8) is 0 Å². The van der Waals surface area contributed by atoms with Crippen molar-refractivity contribution in [2.75, 3.05) is 12.4 Å². The fourth-order valence-electron chi connectivity index (χ4n) is 1.68. The highest BCUT2D eigenvalue weighted by Crippen LogP contribution is 2.27. The molecule has 2 aromatic rings. The number of halogens is 1. The number of hydrogen-bond donors (Lipinski definition) is 1. The van der Waals surface area contributed by atoms with Gasteiger partial charge in [-0.15, -0.1) is 0 Å². The standard InChI is InChI=1S/C14H11ClN2O4/c1-21-13-7-4-10(8-12(13)15)16-14(18)9-2-5-11(6-3-9)17(19)20/h2-8H,1H3,(H,16,18). The lowest BCUT2D eigenvalue weighted by molar-refractivity contribution is -0.384. The maximum absolute atomic E-state index is 12.0. The number of hydrogen-bond acceptors (Lipinski definition) is 4. The Morgan fingerprint density at radius 2 is 1.90 bits per heavy atom. The molecule has 0 spiro atoms. The molecule has 0 aromatic heterocycles. The van der Waals surface area contributed by atoms with Gasteiger partial charge in [0.05, 0.1) is 17.1 Å². The smallest absolute Gasteiger partial charge is 0.269 e. The zero-order valence-corrected chi connectivity index (χ0v) is 11.8. The molecule has 0 heterocycles. The van der Waals surface area contributed by atoms with Crippen molar-refractivity contribution in [1.82, 2.24) is 0 Å². The summed E-state index contributed by atoms with van der Waals surface area (Å²) in [7, 11) is 1.50. The van der Waals surface area contributed by atoms with E-state index in [9.17, 15) is 14.9 Å². The molecule has 0 fully saturated rings. The fraction of sp³-hybridized carbons (Fsp3) is 0.0714. The third kappa shape index (κ3) is 3.49. The highest BCUT2D eigenvalue weighted by Gasteiger charge is 2.10. The summed E-state index contributed by atoms with van der Waals surface area (Å²) in [4.78, 5) is 22.0. The number of ether oxygens (including phenoxy) is 1. The first kappa shape index (κ1) is 14.8. The maximum Gasteiger partial charge on any atom is 0.269 e. The Labute approximate surface area is 125 Å². The van der Waals surface area contributed by atoms with Gasteiger partial charge in [-0.25, -0.2) is 0 Å². The molecule has 1 amide bonds. The molecule has 0 aliphatic carbocycles. The molecule has 0 aliphatic heterocycles. The van der Waals surface area contributed by atoms with Gasteiger partial charge in [-0.3, -0.25) is 14.9 Å². The van der Waals surface area contributed by atoms with E-state index >= 15 is 0 Å². The number of carbonyl (C=O) groups excluding carboxylic acids is 1. The SMILES string of the molecule is COc1ccc(NC(=O)c2ccc([N+](=O)[O-])cc2)cc1Cl. The van der Waals surface area contributed by atoms with Crippen molar-refractivity contribution in [2.45, 2.75) is 0 Å². The number of nitro benzene ring substituents is 1. The van der Waals surface area contributed by atoms with Crippen molar-refractivity contribution in [2.24, 2.45) is 0 Å². The molecule has 21 heavy (non-hydrogen) atoms. The Hall–Kier alpha value is -2.60. The largest absolute Gasteiger partial charge is 0.495 e. The number of nitrogens with one attached hydrogen (secondary N) is 1. The fourth-order valence-corrected chi connectivity index (χ4v) is 1.94. The van der Waals surface area contributed by atoms with Crippen LogP contribution in [0, 0.1) is 10.1 Å². The molecule has 7 heteroatoms. The van der Waals surface area contributed by atoms with Gasteiger partial charge < -0.3 is 10.1 Å². The van der Waals surface area contributed by atoms with Crippen molar-refractivity contribution in [3.8, 4) is 5.75 Å². The van der Waals surface area contributed by atoms with Crippen LogP contribution in [-0.2, 0) is 0 Å². The first-order valence-electron chi connectivity index (χ1n) is 5.90. The molecule has 0 radical (unpaired) electrons. The van der Waals surface area contributed by atoms with Crippen LogP contribution in [0.25, 0.3) is 0 Å². The van der Waals surface area contributed by atoms with Crippen LogP contribution in [-0.4, -0.2) is 17.9 Å². The van der Waals surface area contributed by atoms with Gasteiger partial charge in [0.2, 0.25) is 0 Å². The van der Waals surface area contributed by atoms with E-state index in [4.69, 9.17) is 16.3 Å². The van der Waals surface area contributed by atoms with Crippen molar-refractivity contribution >= 4 is 28.9 Å². The molecule has 2 rings (SSSR count). The van der Waals surface area contributed by atoms with Crippen LogP contribution in [0.2, 0.25) is 5.02 Å². The minimum Gasteiger partial charge on any atom is -0.495 e. The first-order valence-corrected chi connectivity index (χ1v) is 6.28. The third-order valence-electron chi connectivity index (χ3n) is 2.75. The predicted molar refractivity (Wildman–Crippen MR) is 79.1 cm³/mol. The Morgan fingerprint density at radius 3 is 2.43 bits per heavy atom. The van der Waals surface area contributed by atoms with Crippen molar-refractivity contribution < 1.29 is 14.5 Å². The van der Waals surface area contributed by atoms with Crippen LogP contribution in [0.1, 0.15) is 10.4 Å². The number of non-ortho nitro benzene ring substituents is 1. The van der Waals surface area contributed by atoms with Gasteiger partial charge in [-0.1, -0.05) is 11.6 Å². The monoisotopic (exact) mass is 306 g/mol. The summed E-state index contributed by atoms with van der Waals surface area (Å²) < 4.78 is 5.02. The van der Waals surface area contributed by atoms with E-state index in [0.29, 0.717) is 22.0 Å². The Bertz CT molecular complexity index is 686. The lowest BCUT2D eigenvalue weighted by Gasteiger charge is -2.08. The first-order chi connectivity index (χ1) is 10.0. The van der Waals surface area contributed by atoms with Crippen molar-refractivity contribution in [3.05, 3.63) is 63.2 Å². The molecule has 0 aliphatic rings. The Balaban J connectivity index is 2.14. The minimum atomic E-state index is -0.523. The summed E-state index contributed by atoms with van der Waals surface area (Å²) >= 11 is 5.96. The van der Waals surface area contributed by atoms with Gasteiger partial charge in [0, 0.05) is 23.4 Å². The summed E-state index contributed by atoms with van der Waals surface area (Å²) in [5, 5.41) is 13.6. The maximum atomic E-state index is 12.0. The molecule has 108 valence electrons. The number of methoxy groups -OCH3 is 1. The van der Waals surface area contributed by atoms with E-state index in [2.05, 4.69) is 5.32 Å². The van der Waals surface area contributed by atoms with Gasteiger partial charge in [-0.2, -0.15) is 0 Å². The topological polar surface area (TPSA) is 81.5 Å². The number of benzene rings is 2. The van der Waals surface area contributed by atoms with Crippen LogP contribution >= 0.6 is 11.6 Å². The predicted octanol–water partition coefficient (Wildman–Crippen LogP) is 3.51. The highest BCUT2D eigenvalue weighted by atomic mass is 35.5. The lowest BCUT2D eigenvalue weighted by atomic mass is 10.2. The number of nitrogens with zero attached hydrogens (tertiary/aromatic N) is 1. The molecular weight excluding hydrogens is 296 g/mol. The molecule has 6 nitrogen and oxygen atoms in total. The quantitative estimate of drug-likeness (QED) is 0.692. The average molecular weight is 307 g/mol. The summed E-state index contributed by atoms with van der Waals surface area (Å²) in [5.74, 6) is 0.121. The normalized spacial score (nSPS) is 10.0. The van der Waals surface area contributed by atoms with E-state index in [1.54, 1.807) is 18.2 Å². The number of rotatable bonds is 4. The van der Waals surface area contributed by atoms with Crippen LogP contribution in [0.4, 0.5) is 11.4 Å². The zero-order chi connectivity index (χ0) is 15.4. The highest BCUT2D eigenvalue weighted by molar-refractivity contribution is 6.32. The third-order valence-corrected chi connectivity index (χ3v) is 3.05. The molecule has 2 aromatic carbocycles. The van der Waals surface area contributed by atoms with Gasteiger partial charge in [0.1, 0.15) is 5.75 Å². The summed E-state index contributed by atoms with van der Waals surface area (Å²) in [6.07, 6.45) is 0. The number of amides is 1. The molecular formula is C14H11ClN2O4. The summed E-state index contributed by atoms with van der Waals surface area (Å²) in [6.45, 7) is 0. The summed E-state index contributed by atoms with van der Waals surface area (Å²) in [5.41, 5.74) is 0.746. The minimum absolute atomic E-state index is 0.0703. The van der Waals surface area contributed by atoms with Crippen LogP contribution < -0.4 is 10.1 Å². The molecule has 0 saturated carbocycles. The molecule has 0 bridgehead atoms. The van der Waals surface area contributed by atoms with E-state index in [1.165, 1.54) is 31.4 Å². The Kier molecular flexibility index (Phi) is 4.39. The molecule has 0 saturated heterocycles. The number of anilines is 1. The molecule has 0 unspecified atom stereocenters. The van der Waals surface area contributed by atoms with E-state index < -0.39 is 4.92 Å². The second-order valence-corrected chi connectivity index (χ2v) is 4.51. The second-order valence-electron chi connectivity index (χ2n) is 4.11. The molecule has 0 atom stereocenters. The van der Waals surface area contributed by atoms with Crippen molar-refractivity contribution in [1.29, 1.82) is 0 Å². The van der Waals surface area contributed by atoms with Gasteiger partial charge in [0.15, 0.2) is 0 Å². The van der Waals surface area contributed by atoms with Gasteiger partial charge in [0.25, 0.3) is 11.6 Å². The Morgan fingerprint density at radius 1 is 1.24 bits per heavy atom. The van der Waals surface area contributed by atoms with E-state index in [0.717, 1.165) is 0 Å². The lowest BCUT2D eigenvalue weighted by Crippen LogP contribution is -2.11. The zero-order valence-electron chi connectivity index (χ0n) is 11.0. The van der Waals surface area contributed by atoms with Crippen LogP contribution in [0.5, 0.6) is 5.75 Å². The van der Waals surface area contributed by atoms with Crippen LogP contribution in [0.3, 0.4) is 0 Å². The van der Waals surface area contributed by atoms with Crippen LogP contribution in [0.15, 0.2) is 42.5 Å². The van der Waals surface area contributed by atoms with E-state index in [1.807, 2.05) is 0 Å². The average Bonchev–Trinajstić information content (AvgIpc) is 2.47. The summed E-state index contributed by atoms with van der Waals surface area (Å²) in [6, 6.07) is 10.2. The van der Waals surface area contributed by atoms with Gasteiger partial charge in [-0.05, 0) is 30.3 Å². The second kappa shape index (κ2) is 6.23. The number of nitro groups is 1.